The summed E-state index contributed by atoms with van der Waals surface area (Å²) in [5, 5.41) is 3.82. The number of aromatic nitrogens is 4. The topological polar surface area (TPSA) is 63.4 Å². The number of carbonyl (C=O) groups excluding carboxylic acids is 1. The van der Waals surface area contributed by atoms with Gasteiger partial charge in [0.05, 0.1) is 0 Å². The minimum atomic E-state index is -2.63. The van der Waals surface area contributed by atoms with E-state index in [0.29, 0.717) is 18.8 Å². The van der Waals surface area contributed by atoms with Crippen LogP contribution < -0.4 is 0 Å². The van der Waals surface area contributed by atoms with Crippen LogP contribution in [0, 0.1) is 5.92 Å². The van der Waals surface area contributed by atoms with Crippen molar-refractivity contribution in [2.24, 2.45) is 5.92 Å². The number of rotatable bonds is 3. The maximum atomic E-state index is 13.3. The third-order valence-corrected chi connectivity index (χ3v) is 5.70. The van der Waals surface area contributed by atoms with Crippen molar-refractivity contribution < 1.29 is 13.6 Å². The smallest absolute Gasteiger partial charge is 0.280 e. The van der Waals surface area contributed by atoms with Crippen LogP contribution in [0.2, 0.25) is 0 Å². The maximum absolute atomic E-state index is 13.3. The van der Waals surface area contributed by atoms with E-state index in [-0.39, 0.29) is 29.2 Å². The monoisotopic (exact) mass is 363 g/mol. The Bertz CT molecular complexity index is 779. The van der Waals surface area contributed by atoms with Crippen LogP contribution in [0.4, 0.5) is 8.78 Å². The molecule has 0 bridgehead atoms. The molecule has 0 unspecified atom stereocenters. The number of amides is 1. The van der Waals surface area contributed by atoms with E-state index in [1.807, 2.05) is 4.90 Å². The van der Waals surface area contributed by atoms with Crippen molar-refractivity contribution in [2.45, 2.75) is 57.3 Å². The average Bonchev–Trinajstić information content (AvgIpc) is 3.16. The zero-order valence-electron chi connectivity index (χ0n) is 14.7. The molecule has 2 fully saturated rings. The fourth-order valence-electron chi connectivity index (χ4n) is 4.22. The molecule has 0 N–H and O–H groups in total. The van der Waals surface area contributed by atoms with Crippen LogP contribution in [0.5, 0.6) is 0 Å². The van der Waals surface area contributed by atoms with Gasteiger partial charge in [0, 0.05) is 30.6 Å². The lowest BCUT2D eigenvalue weighted by Crippen LogP contribution is -2.42. The van der Waals surface area contributed by atoms with E-state index < -0.39 is 6.43 Å². The molecule has 0 spiro atoms. The van der Waals surface area contributed by atoms with Gasteiger partial charge in [0.25, 0.3) is 12.2 Å². The summed E-state index contributed by atoms with van der Waals surface area (Å²) < 4.78 is 27.7. The van der Waals surface area contributed by atoms with E-state index >= 15 is 0 Å². The highest BCUT2D eigenvalue weighted by molar-refractivity contribution is 5.79. The van der Waals surface area contributed by atoms with E-state index in [4.69, 9.17) is 0 Å². The minimum Gasteiger partial charge on any atom is -0.342 e. The SMILES string of the molecule is O=C(C1CCCCC1)N1CCC(c2cc(C(F)F)n3ncnc3n2)CC1. The summed E-state index contributed by atoms with van der Waals surface area (Å²) in [7, 11) is 0. The van der Waals surface area contributed by atoms with Crippen molar-refractivity contribution in [3.05, 3.63) is 23.8 Å². The van der Waals surface area contributed by atoms with Crippen molar-refractivity contribution in [1.29, 1.82) is 0 Å². The number of likely N-dealkylation sites (tertiary alicyclic amines) is 1. The van der Waals surface area contributed by atoms with Gasteiger partial charge in [0.2, 0.25) is 5.91 Å². The number of carbonyl (C=O) groups is 1. The summed E-state index contributed by atoms with van der Waals surface area (Å²) in [5.41, 5.74) is 0.453. The molecular formula is C18H23F2N5O. The lowest BCUT2D eigenvalue weighted by atomic mass is 9.86. The van der Waals surface area contributed by atoms with Gasteiger partial charge in [0.15, 0.2) is 0 Å². The molecule has 3 heterocycles. The summed E-state index contributed by atoms with van der Waals surface area (Å²) in [4.78, 5) is 23.0. The number of alkyl halides is 2. The fourth-order valence-corrected chi connectivity index (χ4v) is 4.22. The third kappa shape index (κ3) is 3.29. The molecule has 1 aliphatic heterocycles. The van der Waals surface area contributed by atoms with Gasteiger partial charge in [-0.05, 0) is 31.7 Å². The van der Waals surface area contributed by atoms with E-state index in [1.54, 1.807) is 0 Å². The van der Waals surface area contributed by atoms with Crippen molar-refractivity contribution in [1.82, 2.24) is 24.5 Å². The Morgan fingerprint density at radius 3 is 2.54 bits per heavy atom. The highest BCUT2D eigenvalue weighted by Crippen LogP contribution is 2.32. The second-order valence-corrected chi connectivity index (χ2v) is 7.31. The molecule has 0 aromatic carbocycles. The molecule has 26 heavy (non-hydrogen) atoms. The van der Waals surface area contributed by atoms with Crippen LogP contribution in [0.15, 0.2) is 12.4 Å². The minimum absolute atomic E-state index is 0.0737. The molecule has 1 saturated heterocycles. The highest BCUT2D eigenvalue weighted by atomic mass is 19.3. The molecule has 0 atom stereocenters. The van der Waals surface area contributed by atoms with E-state index in [0.717, 1.165) is 43.0 Å². The number of halogens is 2. The Morgan fingerprint density at radius 2 is 1.85 bits per heavy atom. The predicted molar refractivity (Wildman–Crippen MR) is 90.9 cm³/mol. The molecule has 2 aromatic heterocycles. The summed E-state index contributed by atoms with van der Waals surface area (Å²) >= 11 is 0. The van der Waals surface area contributed by atoms with Crippen molar-refractivity contribution in [3.8, 4) is 0 Å². The van der Waals surface area contributed by atoms with Crippen LogP contribution in [0.3, 0.4) is 0 Å². The van der Waals surface area contributed by atoms with Crippen molar-refractivity contribution in [3.63, 3.8) is 0 Å². The molecule has 2 aromatic rings. The van der Waals surface area contributed by atoms with E-state index in [9.17, 15) is 13.6 Å². The molecule has 4 rings (SSSR count). The first kappa shape index (κ1) is 17.3. The number of nitrogens with zero attached hydrogens (tertiary/aromatic N) is 5. The second kappa shape index (κ2) is 7.25. The number of fused-ring (bicyclic) bond motifs is 1. The lowest BCUT2D eigenvalue weighted by Gasteiger charge is -2.35. The summed E-state index contributed by atoms with van der Waals surface area (Å²) in [5.74, 6) is 0.733. The Kier molecular flexibility index (Phi) is 4.82. The van der Waals surface area contributed by atoms with Crippen LogP contribution in [-0.4, -0.2) is 43.5 Å². The van der Waals surface area contributed by atoms with Gasteiger partial charge in [-0.25, -0.2) is 13.8 Å². The van der Waals surface area contributed by atoms with Gasteiger partial charge in [-0.2, -0.15) is 14.6 Å². The Morgan fingerprint density at radius 1 is 1.12 bits per heavy atom. The maximum Gasteiger partial charge on any atom is 0.280 e. The molecule has 1 aliphatic carbocycles. The Balaban J connectivity index is 1.46. The molecule has 6 nitrogen and oxygen atoms in total. The molecule has 0 radical (unpaired) electrons. The molecule has 140 valence electrons. The van der Waals surface area contributed by atoms with Crippen LogP contribution in [0.25, 0.3) is 5.78 Å². The zero-order chi connectivity index (χ0) is 18.1. The van der Waals surface area contributed by atoms with Crippen LogP contribution in [0.1, 0.15) is 68.7 Å². The lowest BCUT2D eigenvalue weighted by molar-refractivity contribution is -0.137. The highest BCUT2D eigenvalue weighted by Gasteiger charge is 2.30. The van der Waals surface area contributed by atoms with Gasteiger partial charge in [-0.1, -0.05) is 19.3 Å². The summed E-state index contributed by atoms with van der Waals surface area (Å²) in [6, 6.07) is 1.44. The predicted octanol–water partition coefficient (Wildman–Crippen LogP) is 3.35. The van der Waals surface area contributed by atoms with Gasteiger partial charge < -0.3 is 4.90 Å². The van der Waals surface area contributed by atoms with Gasteiger partial charge >= 0.3 is 0 Å². The second-order valence-electron chi connectivity index (χ2n) is 7.31. The van der Waals surface area contributed by atoms with Crippen molar-refractivity contribution >= 4 is 11.7 Å². The van der Waals surface area contributed by atoms with Gasteiger partial charge in [-0.15, -0.1) is 0 Å². The largest absolute Gasteiger partial charge is 0.342 e. The van der Waals surface area contributed by atoms with Gasteiger partial charge in [0.1, 0.15) is 12.0 Å². The third-order valence-electron chi connectivity index (χ3n) is 5.70. The average molecular weight is 363 g/mol. The molecule has 1 amide bonds. The van der Waals surface area contributed by atoms with Gasteiger partial charge in [-0.3, -0.25) is 4.79 Å². The first-order valence-electron chi connectivity index (χ1n) is 9.41. The summed E-state index contributed by atoms with van der Waals surface area (Å²) in [6.07, 6.45) is 5.63. The fraction of sp³-hybridized carbons (Fsp3) is 0.667. The van der Waals surface area contributed by atoms with Crippen molar-refractivity contribution in [2.75, 3.05) is 13.1 Å². The zero-order valence-corrected chi connectivity index (χ0v) is 14.7. The molecule has 8 heteroatoms. The van der Waals surface area contributed by atoms with E-state index in [2.05, 4.69) is 15.1 Å². The molecular weight excluding hydrogens is 340 g/mol. The Hall–Kier alpha value is -2.12. The normalized spacial score (nSPS) is 20.2. The van der Waals surface area contributed by atoms with E-state index in [1.165, 1.54) is 18.8 Å². The standard InChI is InChI=1S/C18H23F2N5O/c19-16(20)15-10-14(23-18-21-11-22-25(15)18)12-6-8-24(9-7-12)17(26)13-4-2-1-3-5-13/h10-13,16H,1-9H2. The van der Waals surface area contributed by atoms with Crippen LogP contribution in [-0.2, 0) is 4.79 Å². The summed E-state index contributed by atoms with van der Waals surface area (Å²) in [6.45, 7) is 1.34. The quantitative estimate of drug-likeness (QED) is 0.839. The first-order valence-corrected chi connectivity index (χ1v) is 9.41. The molecule has 2 aliphatic rings. The molecule has 1 saturated carbocycles. The Labute approximate surface area is 150 Å². The number of hydrogen-bond donors (Lipinski definition) is 0. The number of piperidine rings is 1. The first-order chi connectivity index (χ1) is 12.6. The number of hydrogen-bond acceptors (Lipinski definition) is 4. The van der Waals surface area contributed by atoms with Crippen LogP contribution >= 0.6 is 0 Å².